The molecule has 0 saturated heterocycles. The summed E-state index contributed by atoms with van der Waals surface area (Å²) < 4.78 is 24.6. The van der Waals surface area contributed by atoms with E-state index in [1.54, 1.807) is 32.0 Å². The minimum atomic E-state index is -3.97. The van der Waals surface area contributed by atoms with Gasteiger partial charge in [0.15, 0.2) is 9.93 Å². The number of nitrogens with zero attached hydrogens (tertiary/aromatic N) is 4. The summed E-state index contributed by atoms with van der Waals surface area (Å²) >= 11 is 0. The highest BCUT2D eigenvalue weighted by molar-refractivity contribution is 7.95. The lowest BCUT2D eigenvalue weighted by molar-refractivity contribution is 0.599. The Balaban J connectivity index is 2.34. The molecule has 0 fully saturated rings. The summed E-state index contributed by atoms with van der Waals surface area (Å²) in [6.07, 6.45) is 2.42. The van der Waals surface area contributed by atoms with E-state index < -0.39 is 14.7 Å². The normalized spacial score (nSPS) is 11.8. The van der Waals surface area contributed by atoms with Crippen LogP contribution in [0.15, 0.2) is 46.6 Å². The van der Waals surface area contributed by atoms with Crippen LogP contribution in [0.1, 0.15) is 11.4 Å². The number of hydrogen-bond donors (Lipinski definition) is 1. The first kappa shape index (κ1) is 15.6. The third kappa shape index (κ3) is 3.45. The fourth-order valence-electron chi connectivity index (χ4n) is 1.71. The minimum Gasteiger partial charge on any atom is -0.329 e. The number of nitriles is 1. The van der Waals surface area contributed by atoms with Crippen molar-refractivity contribution < 1.29 is 8.42 Å². The maximum absolute atomic E-state index is 12.3. The number of anilines is 1. The van der Waals surface area contributed by atoms with Gasteiger partial charge in [0.05, 0.1) is 0 Å². The van der Waals surface area contributed by atoms with Crippen LogP contribution in [0.4, 0.5) is 5.95 Å². The first-order chi connectivity index (χ1) is 10.4. The Bertz CT molecular complexity index is 834. The van der Waals surface area contributed by atoms with Crippen molar-refractivity contribution in [2.24, 2.45) is 0 Å². The van der Waals surface area contributed by atoms with Gasteiger partial charge >= 0.3 is 0 Å². The number of pyridine rings is 1. The highest BCUT2D eigenvalue weighted by Gasteiger charge is 2.22. The molecule has 0 aliphatic carbocycles. The Morgan fingerprint density at radius 2 is 1.95 bits per heavy atom. The number of nitrogens with one attached hydrogen (secondary N) is 1. The zero-order valence-corrected chi connectivity index (χ0v) is 12.8. The fraction of sp³-hybridized carbons (Fsp3) is 0.143. The van der Waals surface area contributed by atoms with Gasteiger partial charge in [0.2, 0.25) is 15.8 Å². The van der Waals surface area contributed by atoms with E-state index in [4.69, 9.17) is 5.26 Å². The first-order valence-corrected chi connectivity index (χ1v) is 7.77. The minimum absolute atomic E-state index is 0.189. The van der Waals surface area contributed by atoms with Crippen LogP contribution in [0, 0.1) is 25.2 Å². The Kier molecular flexibility index (Phi) is 4.48. The van der Waals surface area contributed by atoms with E-state index in [1.165, 1.54) is 18.3 Å². The van der Waals surface area contributed by atoms with E-state index >= 15 is 0 Å². The summed E-state index contributed by atoms with van der Waals surface area (Å²) in [4.78, 5) is 11.5. The van der Waals surface area contributed by atoms with Gasteiger partial charge in [-0.05, 0) is 32.0 Å². The van der Waals surface area contributed by atoms with Crippen LogP contribution in [0.25, 0.3) is 0 Å². The molecule has 0 atom stereocenters. The van der Waals surface area contributed by atoms with Crippen molar-refractivity contribution in [3.05, 3.63) is 53.0 Å². The third-order valence-corrected chi connectivity index (χ3v) is 4.21. The van der Waals surface area contributed by atoms with E-state index in [2.05, 4.69) is 20.3 Å². The lowest BCUT2D eigenvalue weighted by Crippen LogP contribution is -2.08. The molecule has 0 spiro atoms. The van der Waals surface area contributed by atoms with E-state index in [1.807, 2.05) is 0 Å². The largest absolute Gasteiger partial charge is 0.329 e. The van der Waals surface area contributed by atoms with Crippen LogP contribution in [0.2, 0.25) is 0 Å². The van der Waals surface area contributed by atoms with E-state index in [9.17, 15) is 8.42 Å². The summed E-state index contributed by atoms with van der Waals surface area (Å²) in [5, 5.41) is 11.6. The van der Waals surface area contributed by atoms with Gasteiger partial charge in [0.25, 0.3) is 0 Å². The summed E-state index contributed by atoms with van der Waals surface area (Å²) in [5.74, 6) is 0.224. The topological polar surface area (TPSA) is 109 Å². The number of hydrogen-bond acceptors (Lipinski definition) is 7. The molecule has 0 bridgehead atoms. The molecule has 0 aliphatic heterocycles. The molecular formula is C14H13N5O2S. The fourth-order valence-corrected chi connectivity index (χ4v) is 2.73. The van der Waals surface area contributed by atoms with Crippen LogP contribution >= 0.6 is 0 Å². The van der Waals surface area contributed by atoms with Crippen LogP contribution < -0.4 is 5.32 Å². The molecule has 8 heteroatoms. The maximum Gasteiger partial charge on any atom is 0.235 e. The van der Waals surface area contributed by atoms with E-state index in [0.29, 0.717) is 0 Å². The van der Waals surface area contributed by atoms with Gasteiger partial charge in [-0.25, -0.2) is 23.4 Å². The summed E-state index contributed by atoms with van der Waals surface area (Å²) in [6.45, 7) is 3.58. The highest BCUT2D eigenvalue weighted by Crippen LogP contribution is 2.16. The average molecular weight is 315 g/mol. The zero-order valence-electron chi connectivity index (χ0n) is 12.0. The Morgan fingerprint density at radius 3 is 2.50 bits per heavy atom. The second-order valence-corrected chi connectivity index (χ2v) is 6.28. The van der Waals surface area contributed by atoms with Gasteiger partial charge in [-0.2, -0.15) is 5.26 Å². The molecule has 0 saturated carbocycles. The number of aromatic nitrogens is 3. The van der Waals surface area contributed by atoms with Crippen molar-refractivity contribution in [1.29, 1.82) is 5.26 Å². The zero-order chi connectivity index (χ0) is 16.2. The molecule has 0 amide bonds. The SMILES string of the molecule is Cc1cc(C)nc(NC=C(C#N)S(=O)(=O)c2ccccn2)n1. The smallest absolute Gasteiger partial charge is 0.235 e. The lowest BCUT2D eigenvalue weighted by Gasteiger charge is -2.04. The number of sulfone groups is 1. The number of aryl methyl sites for hydroxylation is 2. The van der Waals surface area contributed by atoms with Gasteiger partial charge in [0.1, 0.15) is 6.07 Å². The van der Waals surface area contributed by atoms with Crippen molar-refractivity contribution in [1.82, 2.24) is 15.0 Å². The second kappa shape index (κ2) is 6.32. The van der Waals surface area contributed by atoms with Gasteiger partial charge in [-0.15, -0.1) is 0 Å². The second-order valence-electron chi connectivity index (χ2n) is 4.41. The maximum atomic E-state index is 12.3. The molecule has 2 heterocycles. The van der Waals surface area contributed by atoms with Crippen LogP contribution in [0.3, 0.4) is 0 Å². The Labute approximate surface area is 128 Å². The third-order valence-electron chi connectivity index (χ3n) is 2.63. The molecule has 112 valence electrons. The quantitative estimate of drug-likeness (QED) is 0.856. The summed E-state index contributed by atoms with van der Waals surface area (Å²) in [7, 11) is -3.97. The average Bonchev–Trinajstić information content (AvgIpc) is 2.47. The molecule has 0 aromatic carbocycles. The Hall–Kier alpha value is -2.79. The molecule has 1 N–H and O–H groups in total. The molecule has 22 heavy (non-hydrogen) atoms. The van der Waals surface area contributed by atoms with Crippen molar-refractivity contribution in [2.75, 3.05) is 5.32 Å². The summed E-state index contributed by atoms with van der Waals surface area (Å²) in [5.41, 5.74) is 1.46. The molecule has 2 aromatic rings. The molecule has 2 rings (SSSR count). The standard InChI is InChI=1S/C14H13N5O2S/c1-10-7-11(2)19-14(18-10)17-9-12(8-15)22(20,21)13-5-3-4-6-16-13/h3-7,9H,1-2H3,(H,17,18,19). The molecule has 7 nitrogen and oxygen atoms in total. The van der Waals surface area contributed by atoms with Crippen LogP contribution in [-0.2, 0) is 9.84 Å². The monoisotopic (exact) mass is 315 g/mol. The van der Waals surface area contributed by atoms with Gasteiger partial charge < -0.3 is 5.32 Å². The van der Waals surface area contributed by atoms with Crippen LogP contribution in [-0.4, -0.2) is 23.4 Å². The predicted molar refractivity (Wildman–Crippen MR) is 80.2 cm³/mol. The predicted octanol–water partition coefficient (Wildman–Crippen LogP) is 1.74. The van der Waals surface area contributed by atoms with E-state index in [-0.39, 0.29) is 11.0 Å². The van der Waals surface area contributed by atoms with Gasteiger partial charge in [-0.3, -0.25) is 0 Å². The van der Waals surface area contributed by atoms with Crippen molar-refractivity contribution in [3.63, 3.8) is 0 Å². The molecule has 0 aliphatic rings. The van der Waals surface area contributed by atoms with Crippen molar-refractivity contribution in [3.8, 4) is 6.07 Å². The highest BCUT2D eigenvalue weighted by atomic mass is 32.2. The van der Waals surface area contributed by atoms with Gasteiger partial charge in [-0.1, -0.05) is 6.07 Å². The molecular weight excluding hydrogens is 302 g/mol. The molecule has 2 aromatic heterocycles. The number of rotatable bonds is 4. The molecule has 0 radical (unpaired) electrons. The van der Waals surface area contributed by atoms with Crippen molar-refractivity contribution in [2.45, 2.75) is 18.9 Å². The van der Waals surface area contributed by atoms with Crippen molar-refractivity contribution >= 4 is 15.8 Å². The van der Waals surface area contributed by atoms with Crippen LogP contribution in [0.5, 0.6) is 0 Å². The Morgan fingerprint density at radius 1 is 1.27 bits per heavy atom. The summed E-state index contributed by atoms with van der Waals surface area (Å²) in [6, 6.07) is 7.90. The van der Waals surface area contributed by atoms with E-state index in [0.717, 1.165) is 17.6 Å². The molecule has 0 unspecified atom stereocenters. The first-order valence-electron chi connectivity index (χ1n) is 6.28. The lowest BCUT2D eigenvalue weighted by atomic mass is 10.4. The number of allylic oxidation sites excluding steroid dienone is 1. The van der Waals surface area contributed by atoms with Gasteiger partial charge in [0, 0.05) is 23.8 Å².